The molecule has 2 amide bonds. The third-order valence-electron chi connectivity index (χ3n) is 5.43. The molecule has 2 fully saturated rings. The number of thiophene rings is 1. The Bertz CT molecular complexity index is 561. The Morgan fingerprint density at radius 2 is 1.96 bits per heavy atom. The number of rotatable bonds is 6. The zero-order valence-corrected chi connectivity index (χ0v) is 15.9. The standard InChI is InChI=1S/C19H29N3O2S/c1-15(23)20-18(16-5-2-3-6-16)19(24)22-12-10-21(11-13-22)9-8-17-7-4-14-25-17/h4,7,14,16,18H,2-3,5-6,8-13H2,1H3,(H,20,23). The van der Waals surface area contributed by atoms with Crippen LogP contribution in [-0.2, 0) is 16.0 Å². The van der Waals surface area contributed by atoms with Crippen molar-refractivity contribution in [2.45, 2.75) is 45.1 Å². The van der Waals surface area contributed by atoms with Crippen molar-refractivity contribution in [3.05, 3.63) is 22.4 Å². The second kappa shape index (κ2) is 8.81. The van der Waals surface area contributed by atoms with E-state index in [0.717, 1.165) is 52.0 Å². The van der Waals surface area contributed by atoms with Crippen molar-refractivity contribution in [3.63, 3.8) is 0 Å². The molecule has 1 aliphatic heterocycles. The minimum atomic E-state index is -0.322. The molecule has 0 bridgehead atoms. The monoisotopic (exact) mass is 363 g/mol. The van der Waals surface area contributed by atoms with Crippen LogP contribution in [0.5, 0.6) is 0 Å². The van der Waals surface area contributed by atoms with Crippen molar-refractivity contribution in [3.8, 4) is 0 Å². The molecule has 0 aromatic carbocycles. The van der Waals surface area contributed by atoms with E-state index in [-0.39, 0.29) is 17.9 Å². The Labute approximate surface area is 154 Å². The first-order chi connectivity index (χ1) is 12.1. The summed E-state index contributed by atoms with van der Waals surface area (Å²) in [5.74, 6) is 0.341. The predicted octanol–water partition coefficient (Wildman–Crippen LogP) is 2.13. The summed E-state index contributed by atoms with van der Waals surface area (Å²) >= 11 is 1.81. The topological polar surface area (TPSA) is 52.7 Å². The highest BCUT2D eigenvalue weighted by atomic mass is 32.1. The fourth-order valence-corrected chi connectivity index (χ4v) is 4.70. The molecular formula is C19H29N3O2S. The van der Waals surface area contributed by atoms with Crippen molar-refractivity contribution in [1.82, 2.24) is 15.1 Å². The van der Waals surface area contributed by atoms with Crippen LogP contribution in [0.15, 0.2) is 17.5 Å². The van der Waals surface area contributed by atoms with E-state index in [2.05, 4.69) is 27.7 Å². The highest BCUT2D eigenvalue weighted by Crippen LogP contribution is 2.29. The third kappa shape index (κ3) is 5.05. The van der Waals surface area contributed by atoms with Crippen LogP contribution in [0.3, 0.4) is 0 Å². The lowest BCUT2D eigenvalue weighted by atomic mass is 9.96. The molecule has 1 atom stereocenters. The lowest BCUT2D eigenvalue weighted by Gasteiger charge is -2.37. The number of nitrogens with zero attached hydrogens (tertiary/aromatic N) is 2. The first-order valence-electron chi connectivity index (χ1n) is 9.44. The molecule has 1 aromatic heterocycles. The van der Waals surface area contributed by atoms with Gasteiger partial charge in [-0.25, -0.2) is 0 Å². The van der Waals surface area contributed by atoms with E-state index in [1.807, 2.05) is 16.2 Å². The summed E-state index contributed by atoms with van der Waals surface area (Å²) < 4.78 is 0. The molecule has 0 radical (unpaired) electrons. The number of nitrogens with one attached hydrogen (secondary N) is 1. The number of amides is 2. The Morgan fingerprint density at radius 3 is 2.56 bits per heavy atom. The SMILES string of the molecule is CC(=O)NC(C(=O)N1CCN(CCc2cccs2)CC1)C1CCCC1. The molecule has 0 spiro atoms. The lowest BCUT2D eigenvalue weighted by Crippen LogP contribution is -2.56. The molecule has 25 heavy (non-hydrogen) atoms. The third-order valence-corrected chi connectivity index (χ3v) is 6.37. The van der Waals surface area contributed by atoms with Gasteiger partial charge in [0.25, 0.3) is 0 Å². The number of piperazine rings is 1. The molecule has 2 aliphatic rings. The Morgan fingerprint density at radius 1 is 1.24 bits per heavy atom. The van der Waals surface area contributed by atoms with Crippen LogP contribution in [0.25, 0.3) is 0 Å². The molecule has 2 heterocycles. The Balaban J connectivity index is 1.49. The highest BCUT2D eigenvalue weighted by Gasteiger charge is 2.35. The summed E-state index contributed by atoms with van der Waals surface area (Å²) in [7, 11) is 0. The zero-order chi connectivity index (χ0) is 17.6. The van der Waals surface area contributed by atoms with Crippen molar-refractivity contribution >= 4 is 23.2 Å². The molecule has 3 rings (SSSR count). The maximum atomic E-state index is 13.0. The molecule has 1 aliphatic carbocycles. The van der Waals surface area contributed by atoms with E-state index in [9.17, 15) is 9.59 Å². The van der Waals surface area contributed by atoms with Crippen LogP contribution in [-0.4, -0.2) is 60.4 Å². The normalized spacial score (nSPS) is 20.6. The van der Waals surface area contributed by atoms with E-state index in [4.69, 9.17) is 0 Å². The van der Waals surface area contributed by atoms with Gasteiger partial charge in [-0.05, 0) is 36.6 Å². The van der Waals surface area contributed by atoms with E-state index in [0.29, 0.717) is 5.92 Å². The van der Waals surface area contributed by atoms with Gasteiger partial charge in [-0.15, -0.1) is 11.3 Å². The van der Waals surface area contributed by atoms with Gasteiger partial charge in [0.05, 0.1) is 0 Å². The van der Waals surface area contributed by atoms with Crippen LogP contribution < -0.4 is 5.32 Å². The number of carbonyl (C=O) groups is 2. The quantitative estimate of drug-likeness (QED) is 0.842. The molecular weight excluding hydrogens is 334 g/mol. The summed E-state index contributed by atoms with van der Waals surface area (Å²) in [5, 5.41) is 5.05. The van der Waals surface area contributed by atoms with Gasteiger partial charge in [0.15, 0.2) is 0 Å². The molecule has 138 valence electrons. The molecule has 1 saturated carbocycles. The second-order valence-electron chi connectivity index (χ2n) is 7.22. The summed E-state index contributed by atoms with van der Waals surface area (Å²) in [4.78, 5) is 30.3. The first-order valence-corrected chi connectivity index (χ1v) is 10.3. The summed E-state index contributed by atoms with van der Waals surface area (Å²) in [6, 6.07) is 3.96. The van der Waals surface area contributed by atoms with Crippen LogP contribution in [0.1, 0.15) is 37.5 Å². The fourth-order valence-electron chi connectivity index (χ4n) is 4.00. The minimum Gasteiger partial charge on any atom is -0.344 e. The van der Waals surface area contributed by atoms with Gasteiger partial charge in [0.2, 0.25) is 11.8 Å². The van der Waals surface area contributed by atoms with Gasteiger partial charge in [0.1, 0.15) is 6.04 Å². The van der Waals surface area contributed by atoms with E-state index in [1.165, 1.54) is 24.6 Å². The first kappa shape index (κ1) is 18.4. The molecule has 1 aromatic rings. The van der Waals surface area contributed by atoms with Gasteiger partial charge in [-0.3, -0.25) is 14.5 Å². The van der Waals surface area contributed by atoms with Crippen LogP contribution in [0.2, 0.25) is 0 Å². The Kier molecular flexibility index (Phi) is 6.48. The number of hydrogen-bond donors (Lipinski definition) is 1. The lowest BCUT2D eigenvalue weighted by molar-refractivity contribution is -0.139. The number of hydrogen-bond acceptors (Lipinski definition) is 4. The average molecular weight is 364 g/mol. The van der Waals surface area contributed by atoms with E-state index in [1.54, 1.807) is 0 Å². The fraction of sp³-hybridized carbons (Fsp3) is 0.684. The van der Waals surface area contributed by atoms with Crippen molar-refractivity contribution < 1.29 is 9.59 Å². The van der Waals surface area contributed by atoms with E-state index < -0.39 is 0 Å². The zero-order valence-electron chi connectivity index (χ0n) is 15.1. The largest absolute Gasteiger partial charge is 0.344 e. The maximum absolute atomic E-state index is 13.0. The van der Waals surface area contributed by atoms with Crippen LogP contribution >= 0.6 is 11.3 Å². The van der Waals surface area contributed by atoms with Gasteiger partial charge in [-0.1, -0.05) is 18.9 Å². The summed E-state index contributed by atoms with van der Waals surface area (Å²) in [6.45, 7) is 5.96. The van der Waals surface area contributed by atoms with Crippen LogP contribution in [0.4, 0.5) is 0 Å². The van der Waals surface area contributed by atoms with Crippen LogP contribution in [0, 0.1) is 5.92 Å². The predicted molar refractivity (Wildman–Crippen MR) is 101 cm³/mol. The molecule has 5 nitrogen and oxygen atoms in total. The van der Waals surface area contributed by atoms with E-state index >= 15 is 0 Å². The minimum absolute atomic E-state index is 0.0974. The number of carbonyl (C=O) groups excluding carboxylic acids is 2. The molecule has 6 heteroatoms. The maximum Gasteiger partial charge on any atom is 0.245 e. The highest BCUT2D eigenvalue weighted by molar-refractivity contribution is 7.09. The van der Waals surface area contributed by atoms with Crippen molar-refractivity contribution in [2.24, 2.45) is 5.92 Å². The van der Waals surface area contributed by atoms with Crippen molar-refractivity contribution in [2.75, 3.05) is 32.7 Å². The summed E-state index contributed by atoms with van der Waals surface area (Å²) in [6.07, 6.45) is 5.53. The smallest absolute Gasteiger partial charge is 0.245 e. The molecule has 1 unspecified atom stereocenters. The summed E-state index contributed by atoms with van der Waals surface area (Å²) in [5.41, 5.74) is 0. The van der Waals surface area contributed by atoms with Gasteiger partial charge in [-0.2, -0.15) is 0 Å². The molecule has 1 saturated heterocycles. The second-order valence-corrected chi connectivity index (χ2v) is 8.25. The average Bonchev–Trinajstić information content (AvgIpc) is 3.31. The molecule has 1 N–H and O–H groups in total. The van der Waals surface area contributed by atoms with Gasteiger partial charge >= 0.3 is 0 Å². The van der Waals surface area contributed by atoms with Gasteiger partial charge in [0, 0.05) is 44.5 Å². The Hall–Kier alpha value is -1.40. The van der Waals surface area contributed by atoms with Gasteiger partial charge < -0.3 is 10.2 Å². The van der Waals surface area contributed by atoms with Crippen molar-refractivity contribution in [1.29, 1.82) is 0 Å².